The Labute approximate surface area is 113 Å². The van der Waals surface area contributed by atoms with Crippen molar-refractivity contribution in [2.75, 3.05) is 0 Å². The van der Waals surface area contributed by atoms with Gasteiger partial charge in [-0.15, -0.1) is 0 Å². The molecule has 2 unspecified atom stereocenters. The number of ketones is 1. The zero-order valence-electron chi connectivity index (χ0n) is 10.7. The smallest absolute Gasteiger partial charge is 0.140 e. The van der Waals surface area contributed by atoms with Crippen molar-refractivity contribution in [3.8, 4) is 12.1 Å². The van der Waals surface area contributed by atoms with E-state index in [2.05, 4.69) is 12.1 Å². The van der Waals surface area contributed by atoms with Gasteiger partial charge in [-0.2, -0.15) is 10.5 Å². The van der Waals surface area contributed by atoms with E-state index in [1.807, 2.05) is 30.3 Å². The Morgan fingerprint density at radius 3 is 2.37 bits per heavy atom. The lowest BCUT2D eigenvalue weighted by Crippen LogP contribution is -2.29. The van der Waals surface area contributed by atoms with Crippen LogP contribution in [0.2, 0.25) is 0 Å². The molecule has 0 aliphatic heterocycles. The van der Waals surface area contributed by atoms with Gasteiger partial charge in [0.1, 0.15) is 11.7 Å². The zero-order chi connectivity index (χ0) is 13.7. The van der Waals surface area contributed by atoms with Gasteiger partial charge in [0.15, 0.2) is 0 Å². The predicted octanol–water partition coefficient (Wildman–Crippen LogP) is 3.19. The van der Waals surface area contributed by atoms with Gasteiger partial charge in [0, 0.05) is 18.3 Å². The van der Waals surface area contributed by atoms with E-state index < -0.39 is 5.92 Å². The van der Waals surface area contributed by atoms with Gasteiger partial charge in [0.2, 0.25) is 0 Å². The summed E-state index contributed by atoms with van der Waals surface area (Å²) in [6, 6.07) is 13.6. The average molecular weight is 252 g/mol. The maximum Gasteiger partial charge on any atom is 0.140 e. The van der Waals surface area contributed by atoms with Crippen molar-refractivity contribution >= 4 is 5.78 Å². The number of carbonyl (C=O) groups is 1. The van der Waals surface area contributed by atoms with Crippen LogP contribution < -0.4 is 0 Å². The summed E-state index contributed by atoms with van der Waals surface area (Å²) in [6.45, 7) is 0. The summed E-state index contributed by atoms with van der Waals surface area (Å²) in [7, 11) is 0. The van der Waals surface area contributed by atoms with E-state index in [0.29, 0.717) is 6.42 Å². The van der Waals surface area contributed by atoms with Gasteiger partial charge in [-0.1, -0.05) is 36.8 Å². The fourth-order valence-corrected chi connectivity index (χ4v) is 2.91. The molecule has 96 valence electrons. The van der Waals surface area contributed by atoms with Crippen LogP contribution in [0.15, 0.2) is 30.3 Å². The van der Waals surface area contributed by atoms with E-state index in [-0.39, 0.29) is 17.6 Å². The number of hydrogen-bond acceptors (Lipinski definition) is 3. The maximum absolute atomic E-state index is 12.1. The van der Waals surface area contributed by atoms with Gasteiger partial charge >= 0.3 is 0 Å². The summed E-state index contributed by atoms with van der Waals surface area (Å²) in [5.41, 5.74) is 0.927. The number of nitriles is 2. The molecule has 2 atom stereocenters. The molecule has 0 heterocycles. The molecule has 0 saturated heterocycles. The second-order valence-electron chi connectivity index (χ2n) is 4.99. The topological polar surface area (TPSA) is 64.7 Å². The van der Waals surface area contributed by atoms with Crippen molar-refractivity contribution < 1.29 is 4.79 Å². The molecule has 3 heteroatoms. The van der Waals surface area contributed by atoms with E-state index in [1.165, 1.54) is 0 Å². The summed E-state index contributed by atoms with van der Waals surface area (Å²) in [6.07, 6.45) is 3.31. The summed E-state index contributed by atoms with van der Waals surface area (Å²) in [5.74, 6) is -1.02. The highest BCUT2D eigenvalue weighted by atomic mass is 16.1. The first-order chi connectivity index (χ1) is 9.27. The molecular weight excluding hydrogens is 236 g/mol. The van der Waals surface area contributed by atoms with E-state index in [9.17, 15) is 15.3 Å². The molecule has 1 aliphatic rings. The fraction of sp³-hybridized carbons (Fsp3) is 0.438. The second kappa shape index (κ2) is 6.16. The molecule has 0 aromatic heterocycles. The Morgan fingerprint density at radius 1 is 1.11 bits per heavy atom. The molecule has 1 fully saturated rings. The average Bonchev–Trinajstić information content (AvgIpc) is 2.47. The summed E-state index contributed by atoms with van der Waals surface area (Å²) in [4.78, 5) is 12.1. The highest BCUT2D eigenvalue weighted by Crippen LogP contribution is 2.38. The summed E-state index contributed by atoms with van der Waals surface area (Å²) >= 11 is 0. The third-order valence-electron chi connectivity index (χ3n) is 3.86. The highest BCUT2D eigenvalue weighted by Gasteiger charge is 2.36. The van der Waals surface area contributed by atoms with E-state index in [4.69, 9.17) is 0 Å². The van der Waals surface area contributed by atoms with Crippen molar-refractivity contribution in [3.63, 3.8) is 0 Å². The van der Waals surface area contributed by atoms with Crippen molar-refractivity contribution in [1.29, 1.82) is 10.5 Å². The van der Waals surface area contributed by atoms with Crippen LogP contribution in [0.1, 0.15) is 37.2 Å². The molecule has 3 nitrogen and oxygen atoms in total. The Balaban J connectivity index is 2.37. The first-order valence-corrected chi connectivity index (χ1v) is 6.65. The molecule has 0 radical (unpaired) electrons. The van der Waals surface area contributed by atoms with Crippen molar-refractivity contribution in [2.45, 2.75) is 31.6 Å². The lowest BCUT2D eigenvalue weighted by molar-refractivity contribution is -0.125. The molecular formula is C16H16N2O. The molecule has 19 heavy (non-hydrogen) atoms. The summed E-state index contributed by atoms with van der Waals surface area (Å²) in [5, 5.41) is 18.4. The van der Waals surface area contributed by atoms with Crippen LogP contribution in [-0.2, 0) is 4.79 Å². The van der Waals surface area contributed by atoms with E-state index in [0.717, 1.165) is 24.8 Å². The minimum atomic E-state index is -0.755. The van der Waals surface area contributed by atoms with Crippen LogP contribution in [0, 0.1) is 34.5 Å². The third-order valence-corrected chi connectivity index (χ3v) is 3.86. The van der Waals surface area contributed by atoms with E-state index >= 15 is 0 Å². The third kappa shape index (κ3) is 2.83. The Hall–Kier alpha value is -2.13. The molecule has 1 aromatic rings. The SMILES string of the molecule is N#CC(C#N)C(c1ccccc1)C1CCCCC1=O. The quantitative estimate of drug-likeness (QED) is 0.829. The van der Waals surface area contributed by atoms with Crippen molar-refractivity contribution in [2.24, 2.45) is 11.8 Å². The molecule has 1 aliphatic carbocycles. The van der Waals surface area contributed by atoms with Gasteiger partial charge in [-0.3, -0.25) is 4.79 Å². The number of benzene rings is 1. The molecule has 0 amide bonds. The van der Waals surface area contributed by atoms with Crippen molar-refractivity contribution in [1.82, 2.24) is 0 Å². The lowest BCUT2D eigenvalue weighted by Gasteiger charge is -2.30. The minimum Gasteiger partial charge on any atom is -0.299 e. The number of Topliss-reactive ketones (excluding diaryl/α,β-unsaturated/α-hetero) is 1. The number of nitrogens with zero attached hydrogens (tertiary/aromatic N) is 2. The van der Waals surface area contributed by atoms with Crippen LogP contribution >= 0.6 is 0 Å². The van der Waals surface area contributed by atoms with Crippen LogP contribution in [0.5, 0.6) is 0 Å². The van der Waals surface area contributed by atoms with Gasteiger partial charge in [0.05, 0.1) is 12.1 Å². The number of carbonyl (C=O) groups excluding carboxylic acids is 1. The Bertz CT molecular complexity index is 510. The Kier molecular flexibility index (Phi) is 4.31. The standard InChI is InChI=1S/C16H16N2O/c17-10-13(11-18)16(12-6-2-1-3-7-12)14-8-4-5-9-15(14)19/h1-3,6-7,13-14,16H,4-5,8-9H2. The molecule has 1 aromatic carbocycles. The van der Waals surface area contributed by atoms with Gasteiger partial charge in [-0.05, 0) is 18.4 Å². The number of rotatable bonds is 3. The van der Waals surface area contributed by atoms with Gasteiger partial charge in [-0.25, -0.2) is 0 Å². The number of hydrogen-bond donors (Lipinski definition) is 0. The highest BCUT2D eigenvalue weighted by molar-refractivity contribution is 5.82. The van der Waals surface area contributed by atoms with Gasteiger partial charge in [0.25, 0.3) is 0 Å². The maximum atomic E-state index is 12.1. The monoisotopic (exact) mass is 252 g/mol. The second-order valence-corrected chi connectivity index (χ2v) is 4.99. The van der Waals surface area contributed by atoms with E-state index in [1.54, 1.807) is 0 Å². The first-order valence-electron chi connectivity index (χ1n) is 6.65. The molecule has 2 rings (SSSR count). The van der Waals surface area contributed by atoms with Gasteiger partial charge < -0.3 is 0 Å². The van der Waals surface area contributed by atoms with Crippen LogP contribution in [0.25, 0.3) is 0 Å². The lowest BCUT2D eigenvalue weighted by atomic mass is 9.71. The normalized spacial score (nSPS) is 20.6. The zero-order valence-corrected chi connectivity index (χ0v) is 10.7. The molecule has 1 saturated carbocycles. The van der Waals surface area contributed by atoms with Crippen molar-refractivity contribution in [3.05, 3.63) is 35.9 Å². The summed E-state index contributed by atoms with van der Waals surface area (Å²) < 4.78 is 0. The molecule has 0 bridgehead atoms. The fourth-order valence-electron chi connectivity index (χ4n) is 2.91. The van der Waals surface area contributed by atoms with Crippen LogP contribution in [-0.4, -0.2) is 5.78 Å². The van der Waals surface area contributed by atoms with Crippen LogP contribution in [0.3, 0.4) is 0 Å². The minimum absolute atomic E-state index is 0.180. The largest absolute Gasteiger partial charge is 0.299 e. The Morgan fingerprint density at radius 2 is 1.79 bits per heavy atom. The molecule has 0 spiro atoms. The first kappa shape index (κ1) is 13.3. The predicted molar refractivity (Wildman–Crippen MR) is 70.9 cm³/mol. The van der Waals surface area contributed by atoms with Crippen LogP contribution in [0.4, 0.5) is 0 Å². The molecule has 0 N–H and O–H groups in total.